The van der Waals surface area contributed by atoms with E-state index in [-0.39, 0.29) is 11.2 Å². The molecule has 0 bridgehead atoms. The van der Waals surface area contributed by atoms with Crippen LogP contribution in [-0.2, 0) is 24.4 Å². The number of nitrogens with zero attached hydrogens (tertiary/aromatic N) is 2. The van der Waals surface area contributed by atoms with Crippen molar-refractivity contribution in [3.05, 3.63) is 51.4 Å². The number of nitrogen functional groups attached to an aromatic ring is 1. The topological polar surface area (TPSA) is 62.2 Å². The summed E-state index contributed by atoms with van der Waals surface area (Å²) in [6.45, 7) is 5.74. The molecule has 2 N–H and O–H groups in total. The van der Waals surface area contributed by atoms with Crippen LogP contribution in [0.5, 0.6) is 0 Å². The Bertz CT molecular complexity index is 653. The Labute approximate surface area is 124 Å². The molecule has 2 aromatic rings. The first-order valence-electron chi connectivity index (χ1n) is 7.20. The molecule has 1 aromatic heterocycles. The monoisotopic (exact) mass is 289 g/mol. The number of rotatable bonds is 6. The minimum absolute atomic E-state index is 0.143. The molecule has 0 aliphatic carbocycles. The standard InChI is InChI=1S/C16H23N3O2/c1-4-9-18-14(11-21-3)15(17)16(20)19(18)10-13-7-5-12(2)6-8-13/h5-8H,4,9-11,17H2,1-3H3. The van der Waals surface area contributed by atoms with Crippen molar-refractivity contribution in [3.63, 3.8) is 0 Å². The lowest BCUT2D eigenvalue weighted by Gasteiger charge is -2.14. The van der Waals surface area contributed by atoms with Gasteiger partial charge in [-0.2, -0.15) is 0 Å². The van der Waals surface area contributed by atoms with Gasteiger partial charge in [0.05, 0.1) is 18.8 Å². The van der Waals surface area contributed by atoms with Crippen molar-refractivity contribution in [2.75, 3.05) is 12.8 Å². The Morgan fingerprint density at radius 2 is 1.86 bits per heavy atom. The lowest BCUT2D eigenvalue weighted by atomic mass is 10.1. The van der Waals surface area contributed by atoms with Gasteiger partial charge in [0.2, 0.25) is 0 Å². The molecule has 114 valence electrons. The summed E-state index contributed by atoms with van der Waals surface area (Å²) in [7, 11) is 1.61. The first kappa shape index (κ1) is 15.4. The van der Waals surface area contributed by atoms with E-state index < -0.39 is 0 Å². The van der Waals surface area contributed by atoms with Crippen LogP contribution >= 0.6 is 0 Å². The van der Waals surface area contributed by atoms with Crippen molar-refractivity contribution >= 4 is 5.69 Å². The maximum Gasteiger partial charge on any atom is 0.290 e. The number of anilines is 1. The smallest absolute Gasteiger partial charge is 0.290 e. The highest BCUT2D eigenvalue weighted by Gasteiger charge is 2.17. The van der Waals surface area contributed by atoms with E-state index in [1.54, 1.807) is 11.8 Å². The van der Waals surface area contributed by atoms with E-state index in [0.717, 1.165) is 24.2 Å². The van der Waals surface area contributed by atoms with Gasteiger partial charge in [0.15, 0.2) is 0 Å². The number of hydrogen-bond donors (Lipinski definition) is 1. The van der Waals surface area contributed by atoms with E-state index >= 15 is 0 Å². The first-order chi connectivity index (χ1) is 10.1. The minimum Gasteiger partial charge on any atom is -0.393 e. The quantitative estimate of drug-likeness (QED) is 0.886. The Kier molecular flexibility index (Phi) is 4.85. The Balaban J connectivity index is 2.44. The molecule has 5 nitrogen and oxygen atoms in total. The number of ether oxygens (including phenoxy) is 1. The number of aromatic nitrogens is 2. The van der Waals surface area contributed by atoms with Gasteiger partial charge in [-0.1, -0.05) is 36.8 Å². The molecular formula is C16H23N3O2. The maximum atomic E-state index is 12.4. The molecule has 0 unspecified atom stereocenters. The van der Waals surface area contributed by atoms with Crippen LogP contribution in [0.2, 0.25) is 0 Å². The van der Waals surface area contributed by atoms with Crippen molar-refractivity contribution in [1.82, 2.24) is 9.36 Å². The third kappa shape index (κ3) is 3.19. The van der Waals surface area contributed by atoms with Crippen LogP contribution in [-0.4, -0.2) is 16.5 Å². The predicted molar refractivity (Wildman–Crippen MR) is 84.4 cm³/mol. The van der Waals surface area contributed by atoms with Crippen molar-refractivity contribution < 1.29 is 4.74 Å². The summed E-state index contributed by atoms with van der Waals surface area (Å²) in [5.41, 5.74) is 9.16. The molecule has 21 heavy (non-hydrogen) atoms. The Morgan fingerprint density at radius 1 is 1.19 bits per heavy atom. The lowest BCUT2D eigenvalue weighted by Crippen LogP contribution is -2.25. The molecule has 2 rings (SSSR count). The SMILES string of the molecule is CCCn1c(COC)c(N)c(=O)n1Cc1ccc(C)cc1. The zero-order valence-corrected chi connectivity index (χ0v) is 12.9. The third-order valence-electron chi connectivity index (χ3n) is 3.55. The van der Waals surface area contributed by atoms with E-state index in [1.807, 2.05) is 35.9 Å². The van der Waals surface area contributed by atoms with Crippen LogP contribution in [0.3, 0.4) is 0 Å². The summed E-state index contributed by atoms with van der Waals surface area (Å²) in [5, 5.41) is 0. The summed E-state index contributed by atoms with van der Waals surface area (Å²) >= 11 is 0. The zero-order chi connectivity index (χ0) is 15.4. The molecule has 1 aromatic carbocycles. The number of hydrogen-bond acceptors (Lipinski definition) is 3. The molecule has 0 aliphatic rings. The van der Waals surface area contributed by atoms with Crippen molar-refractivity contribution in [3.8, 4) is 0 Å². The number of benzene rings is 1. The maximum absolute atomic E-state index is 12.4. The van der Waals surface area contributed by atoms with Gasteiger partial charge >= 0.3 is 0 Å². The fourth-order valence-corrected chi connectivity index (χ4v) is 2.44. The molecule has 0 spiro atoms. The molecule has 0 radical (unpaired) electrons. The van der Waals surface area contributed by atoms with E-state index in [9.17, 15) is 4.79 Å². The number of nitrogens with two attached hydrogens (primary N) is 1. The Morgan fingerprint density at radius 3 is 2.43 bits per heavy atom. The van der Waals surface area contributed by atoms with Gasteiger partial charge in [0.1, 0.15) is 5.69 Å². The normalized spacial score (nSPS) is 11.0. The van der Waals surface area contributed by atoms with Gasteiger partial charge in [-0.25, -0.2) is 4.68 Å². The second-order valence-electron chi connectivity index (χ2n) is 5.26. The van der Waals surface area contributed by atoms with Crippen molar-refractivity contribution in [1.29, 1.82) is 0 Å². The van der Waals surface area contributed by atoms with Gasteiger partial charge in [0.25, 0.3) is 5.56 Å². The molecule has 0 atom stereocenters. The average molecular weight is 289 g/mol. The predicted octanol–water partition coefficient (Wildman–Crippen LogP) is 2.15. The summed E-state index contributed by atoms with van der Waals surface area (Å²) in [6, 6.07) is 8.17. The van der Waals surface area contributed by atoms with E-state index in [0.29, 0.717) is 13.2 Å². The van der Waals surface area contributed by atoms with Gasteiger partial charge in [-0.05, 0) is 18.9 Å². The number of aryl methyl sites for hydroxylation is 1. The summed E-state index contributed by atoms with van der Waals surface area (Å²) in [6.07, 6.45) is 0.929. The van der Waals surface area contributed by atoms with Crippen LogP contribution in [0, 0.1) is 6.92 Å². The summed E-state index contributed by atoms with van der Waals surface area (Å²) in [5.74, 6) is 0. The number of methoxy groups -OCH3 is 1. The van der Waals surface area contributed by atoms with E-state index in [4.69, 9.17) is 10.5 Å². The largest absolute Gasteiger partial charge is 0.393 e. The molecule has 1 heterocycles. The molecule has 0 fully saturated rings. The van der Waals surface area contributed by atoms with Crippen molar-refractivity contribution in [2.24, 2.45) is 0 Å². The fraction of sp³-hybridized carbons (Fsp3) is 0.438. The molecule has 0 aliphatic heterocycles. The summed E-state index contributed by atoms with van der Waals surface area (Å²) in [4.78, 5) is 12.4. The fourth-order valence-electron chi connectivity index (χ4n) is 2.44. The van der Waals surface area contributed by atoms with Crippen LogP contribution in [0.1, 0.15) is 30.2 Å². The van der Waals surface area contributed by atoms with Gasteiger partial charge in [-0.3, -0.25) is 9.48 Å². The van der Waals surface area contributed by atoms with Gasteiger partial charge in [-0.15, -0.1) is 0 Å². The highest BCUT2D eigenvalue weighted by Crippen LogP contribution is 2.13. The zero-order valence-electron chi connectivity index (χ0n) is 12.9. The van der Waals surface area contributed by atoms with Crippen LogP contribution in [0.4, 0.5) is 5.69 Å². The molecule has 0 saturated carbocycles. The Hall–Kier alpha value is -2.01. The van der Waals surface area contributed by atoms with E-state index in [2.05, 4.69) is 6.92 Å². The lowest BCUT2D eigenvalue weighted by molar-refractivity contribution is 0.175. The minimum atomic E-state index is -0.143. The molecule has 5 heteroatoms. The second kappa shape index (κ2) is 6.63. The second-order valence-corrected chi connectivity index (χ2v) is 5.26. The molecule has 0 amide bonds. The molecule has 0 saturated heterocycles. The highest BCUT2D eigenvalue weighted by molar-refractivity contribution is 5.41. The highest BCUT2D eigenvalue weighted by atomic mass is 16.5. The third-order valence-corrected chi connectivity index (χ3v) is 3.55. The van der Waals surface area contributed by atoms with Crippen molar-refractivity contribution in [2.45, 2.75) is 40.0 Å². The van der Waals surface area contributed by atoms with Gasteiger partial charge in [0, 0.05) is 13.7 Å². The van der Waals surface area contributed by atoms with Crippen LogP contribution < -0.4 is 11.3 Å². The average Bonchev–Trinajstić information content (AvgIpc) is 2.68. The van der Waals surface area contributed by atoms with E-state index in [1.165, 1.54) is 5.56 Å². The van der Waals surface area contributed by atoms with Crippen LogP contribution in [0.15, 0.2) is 29.1 Å². The first-order valence-corrected chi connectivity index (χ1v) is 7.20. The molecular weight excluding hydrogens is 266 g/mol. The van der Waals surface area contributed by atoms with Gasteiger partial charge < -0.3 is 10.5 Å². The van der Waals surface area contributed by atoms with Crippen LogP contribution in [0.25, 0.3) is 0 Å². The summed E-state index contributed by atoms with van der Waals surface area (Å²) < 4.78 is 8.83.